The Hall–Kier alpha value is -2.25. The van der Waals surface area contributed by atoms with Crippen LogP contribution in [0.4, 0.5) is 0 Å². The molecule has 0 N–H and O–H groups in total. The normalized spacial score (nSPS) is 26.1. The Kier molecular flexibility index (Phi) is 4.74. The van der Waals surface area contributed by atoms with Crippen molar-refractivity contribution in [3.8, 4) is 0 Å². The minimum atomic E-state index is 0.0697. The third kappa shape index (κ3) is 3.12. The number of rotatable bonds is 4. The van der Waals surface area contributed by atoms with Crippen molar-refractivity contribution in [3.63, 3.8) is 0 Å². The second-order valence-electron chi connectivity index (χ2n) is 7.18. The highest BCUT2D eigenvalue weighted by Gasteiger charge is 2.46. The minimum absolute atomic E-state index is 0.0697. The average molecular weight is 355 g/mol. The number of nitrogens with zero attached hydrogens (tertiary/aromatic N) is 5. The molecular formula is C19H25N5O2. The van der Waals surface area contributed by atoms with Crippen LogP contribution in [-0.2, 0) is 18.3 Å². The Labute approximate surface area is 153 Å². The molecule has 2 aliphatic rings. The van der Waals surface area contributed by atoms with Gasteiger partial charge < -0.3 is 9.64 Å². The van der Waals surface area contributed by atoms with Gasteiger partial charge in [-0.25, -0.2) is 0 Å². The third-order valence-corrected chi connectivity index (χ3v) is 5.70. The third-order valence-electron chi connectivity index (χ3n) is 5.70. The van der Waals surface area contributed by atoms with Gasteiger partial charge in [0, 0.05) is 64.8 Å². The fourth-order valence-corrected chi connectivity index (χ4v) is 4.39. The van der Waals surface area contributed by atoms with E-state index in [9.17, 15) is 4.79 Å². The molecule has 4 rings (SSSR count). The number of carbonyl (C=O) groups is 1. The predicted molar refractivity (Wildman–Crippen MR) is 96.5 cm³/mol. The fourth-order valence-electron chi connectivity index (χ4n) is 4.39. The van der Waals surface area contributed by atoms with E-state index in [0.29, 0.717) is 11.6 Å². The Balaban J connectivity index is 1.54. The molecule has 0 aliphatic carbocycles. The first-order valence-electron chi connectivity index (χ1n) is 9.10. The Morgan fingerprint density at radius 3 is 2.73 bits per heavy atom. The van der Waals surface area contributed by atoms with Crippen LogP contribution in [0.3, 0.4) is 0 Å². The van der Waals surface area contributed by atoms with Crippen LogP contribution in [0, 0.1) is 5.92 Å². The molecule has 1 amide bonds. The molecule has 0 unspecified atom stereocenters. The van der Waals surface area contributed by atoms with Crippen molar-refractivity contribution in [1.29, 1.82) is 0 Å². The number of hydrogen-bond donors (Lipinski definition) is 0. The molecule has 26 heavy (non-hydrogen) atoms. The Bertz CT molecular complexity index is 762. The van der Waals surface area contributed by atoms with E-state index < -0.39 is 0 Å². The van der Waals surface area contributed by atoms with Gasteiger partial charge in [-0.1, -0.05) is 0 Å². The summed E-state index contributed by atoms with van der Waals surface area (Å²) in [7, 11) is 3.60. The molecule has 2 aromatic rings. The lowest BCUT2D eigenvalue weighted by atomic mass is 9.88. The topological polar surface area (TPSA) is 63.5 Å². The summed E-state index contributed by atoms with van der Waals surface area (Å²) in [5.74, 6) is 0.410. The van der Waals surface area contributed by atoms with Crippen molar-refractivity contribution < 1.29 is 9.53 Å². The van der Waals surface area contributed by atoms with E-state index in [1.54, 1.807) is 24.1 Å². The summed E-state index contributed by atoms with van der Waals surface area (Å²) < 4.78 is 7.41. The number of methoxy groups -OCH3 is 1. The van der Waals surface area contributed by atoms with Crippen LogP contribution in [0.15, 0.2) is 36.8 Å². The number of carbonyl (C=O) groups excluding carboxylic acids is 1. The van der Waals surface area contributed by atoms with Gasteiger partial charge in [0.15, 0.2) is 0 Å². The number of likely N-dealkylation sites (tertiary alicyclic amines) is 2. The summed E-state index contributed by atoms with van der Waals surface area (Å²) in [6.07, 6.45) is 6.42. The Morgan fingerprint density at radius 2 is 2.04 bits per heavy atom. The number of amides is 1. The van der Waals surface area contributed by atoms with Gasteiger partial charge in [-0.2, -0.15) is 5.10 Å². The van der Waals surface area contributed by atoms with E-state index in [2.05, 4.69) is 15.0 Å². The van der Waals surface area contributed by atoms with Crippen LogP contribution >= 0.6 is 0 Å². The zero-order valence-corrected chi connectivity index (χ0v) is 15.3. The van der Waals surface area contributed by atoms with Crippen molar-refractivity contribution in [1.82, 2.24) is 24.6 Å². The van der Waals surface area contributed by atoms with Crippen molar-refractivity contribution in [2.75, 3.05) is 26.7 Å². The van der Waals surface area contributed by atoms with Crippen LogP contribution < -0.4 is 0 Å². The van der Waals surface area contributed by atoms with Crippen LogP contribution in [-0.4, -0.2) is 69.4 Å². The first-order valence-corrected chi connectivity index (χ1v) is 9.10. The highest BCUT2D eigenvalue weighted by atomic mass is 16.5. The summed E-state index contributed by atoms with van der Waals surface area (Å²) in [6.45, 7) is 3.42. The van der Waals surface area contributed by atoms with Gasteiger partial charge in [0.1, 0.15) is 5.69 Å². The van der Waals surface area contributed by atoms with Crippen LogP contribution in [0.5, 0.6) is 0 Å². The van der Waals surface area contributed by atoms with Crippen molar-refractivity contribution in [2.45, 2.75) is 25.1 Å². The summed E-state index contributed by atoms with van der Waals surface area (Å²) >= 11 is 0. The maximum atomic E-state index is 13.1. The first-order chi connectivity index (χ1) is 12.7. The van der Waals surface area contributed by atoms with E-state index in [1.807, 2.05) is 36.5 Å². The lowest BCUT2D eigenvalue weighted by Gasteiger charge is -2.41. The number of fused-ring (bicyclic) bond motifs is 1. The minimum Gasteiger partial charge on any atom is -0.381 e. The van der Waals surface area contributed by atoms with Crippen LogP contribution in [0.1, 0.15) is 22.5 Å². The molecule has 0 radical (unpaired) electrons. The lowest BCUT2D eigenvalue weighted by Crippen LogP contribution is -2.53. The molecule has 138 valence electrons. The summed E-state index contributed by atoms with van der Waals surface area (Å²) in [5.41, 5.74) is 1.89. The molecule has 0 aromatic carbocycles. The quantitative estimate of drug-likeness (QED) is 0.824. The number of pyridine rings is 1. The van der Waals surface area contributed by atoms with E-state index in [0.717, 1.165) is 32.6 Å². The molecule has 2 aromatic heterocycles. The highest BCUT2D eigenvalue weighted by molar-refractivity contribution is 5.92. The number of piperidine rings is 1. The maximum absolute atomic E-state index is 13.1. The molecule has 3 atom stereocenters. The molecule has 7 nitrogen and oxygen atoms in total. The largest absolute Gasteiger partial charge is 0.381 e. The zero-order valence-electron chi connectivity index (χ0n) is 15.3. The second-order valence-corrected chi connectivity index (χ2v) is 7.18. The molecule has 4 heterocycles. The van der Waals surface area contributed by atoms with E-state index in [4.69, 9.17) is 4.74 Å². The standard InChI is InChI=1S/C19H25N5O2/c1-22-16(5-9-21-22)19(25)24-10-6-18(26-2)15-12-23(13-17(15)24)11-14-3-7-20-8-4-14/h3-5,7-9,15,17-18H,6,10-13H2,1-2H3/t15-,17+,18+/m0/s1. The predicted octanol–water partition coefficient (Wildman–Crippen LogP) is 1.18. The van der Waals surface area contributed by atoms with Gasteiger partial charge >= 0.3 is 0 Å². The highest BCUT2D eigenvalue weighted by Crippen LogP contribution is 2.34. The van der Waals surface area contributed by atoms with E-state index in [1.165, 1.54) is 5.56 Å². The van der Waals surface area contributed by atoms with Crippen LogP contribution in [0.2, 0.25) is 0 Å². The molecule has 0 bridgehead atoms. The molecule has 2 aliphatic heterocycles. The maximum Gasteiger partial charge on any atom is 0.272 e. The molecule has 2 fully saturated rings. The summed E-state index contributed by atoms with van der Waals surface area (Å²) in [6, 6.07) is 6.07. The van der Waals surface area contributed by atoms with Gasteiger partial charge in [0.05, 0.1) is 12.1 Å². The van der Waals surface area contributed by atoms with Gasteiger partial charge in [0.2, 0.25) is 0 Å². The number of aromatic nitrogens is 3. The molecule has 0 saturated carbocycles. The number of ether oxygens (including phenoxy) is 1. The average Bonchev–Trinajstić information content (AvgIpc) is 3.27. The summed E-state index contributed by atoms with van der Waals surface area (Å²) in [5, 5.41) is 4.15. The fraction of sp³-hybridized carbons (Fsp3) is 0.526. The van der Waals surface area contributed by atoms with E-state index >= 15 is 0 Å². The number of hydrogen-bond acceptors (Lipinski definition) is 5. The van der Waals surface area contributed by atoms with E-state index in [-0.39, 0.29) is 18.1 Å². The Morgan fingerprint density at radius 1 is 1.23 bits per heavy atom. The van der Waals surface area contributed by atoms with Crippen molar-refractivity contribution in [3.05, 3.63) is 48.0 Å². The van der Waals surface area contributed by atoms with Gasteiger partial charge in [-0.05, 0) is 30.2 Å². The lowest BCUT2D eigenvalue weighted by molar-refractivity contribution is -0.0160. The number of aryl methyl sites for hydroxylation is 1. The second kappa shape index (κ2) is 7.17. The van der Waals surface area contributed by atoms with Gasteiger partial charge in [-0.15, -0.1) is 0 Å². The van der Waals surface area contributed by atoms with Crippen molar-refractivity contribution >= 4 is 5.91 Å². The first kappa shape index (κ1) is 17.2. The van der Waals surface area contributed by atoms with Crippen LogP contribution in [0.25, 0.3) is 0 Å². The van der Waals surface area contributed by atoms with Crippen molar-refractivity contribution in [2.24, 2.45) is 13.0 Å². The molecule has 2 saturated heterocycles. The molecular weight excluding hydrogens is 330 g/mol. The summed E-state index contributed by atoms with van der Waals surface area (Å²) in [4.78, 5) is 21.6. The van der Waals surface area contributed by atoms with Gasteiger partial charge in [0.25, 0.3) is 5.91 Å². The zero-order chi connectivity index (χ0) is 18.1. The SMILES string of the molecule is CO[C@@H]1CCN(C(=O)c2ccnn2C)[C@@H]2CN(Cc3ccncc3)C[C@@H]21. The molecule has 0 spiro atoms. The van der Waals surface area contributed by atoms with Gasteiger partial charge in [-0.3, -0.25) is 19.4 Å². The molecule has 7 heteroatoms. The smallest absolute Gasteiger partial charge is 0.272 e. The monoisotopic (exact) mass is 355 g/mol.